The first kappa shape index (κ1) is 19.2. The molecule has 1 aromatic carbocycles. The molecule has 0 atom stereocenters. The quantitative estimate of drug-likeness (QED) is 0.420. The van der Waals surface area contributed by atoms with Crippen LogP contribution in [0.3, 0.4) is 0 Å². The van der Waals surface area contributed by atoms with Crippen LogP contribution in [0.2, 0.25) is 0 Å². The fourth-order valence-corrected chi connectivity index (χ4v) is 4.97. The SMILES string of the molecule is NC(=O)c1ccc(C2(S(=O)(=O)O)CCC2)c(C(=O)c2c[nH]c3ncncc23)c1F. The highest BCUT2D eigenvalue weighted by molar-refractivity contribution is 7.86. The second-order valence-electron chi connectivity index (χ2n) is 6.85. The number of primary amides is 1. The number of H-pyrrole nitrogens is 1. The normalized spacial score (nSPS) is 15.8. The van der Waals surface area contributed by atoms with Crippen LogP contribution in [0.1, 0.15) is 51.1 Å². The predicted molar refractivity (Wildman–Crippen MR) is 99.3 cm³/mol. The molecule has 11 heteroatoms. The first-order chi connectivity index (χ1) is 13.7. The van der Waals surface area contributed by atoms with Gasteiger partial charge in [-0.15, -0.1) is 0 Å². The minimum atomic E-state index is -4.67. The summed E-state index contributed by atoms with van der Waals surface area (Å²) in [6, 6.07) is 2.18. The number of fused-ring (bicyclic) bond motifs is 1. The molecule has 29 heavy (non-hydrogen) atoms. The summed E-state index contributed by atoms with van der Waals surface area (Å²) in [5.74, 6) is -3.22. The van der Waals surface area contributed by atoms with Gasteiger partial charge in [-0.2, -0.15) is 8.42 Å². The Kier molecular flexibility index (Phi) is 4.24. The average molecular weight is 418 g/mol. The van der Waals surface area contributed by atoms with Crippen molar-refractivity contribution in [3.05, 3.63) is 58.9 Å². The number of hydrogen-bond acceptors (Lipinski definition) is 6. The number of amides is 1. The lowest BCUT2D eigenvalue weighted by Gasteiger charge is -2.40. The topological polar surface area (TPSA) is 156 Å². The highest BCUT2D eigenvalue weighted by Gasteiger charge is 2.52. The van der Waals surface area contributed by atoms with E-state index in [2.05, 4.69) is 15.0 Å². The molecule has 4 rings (SSSR count). The molecule has 1 aliphatic rings. The Morgan fingerprint density at radius 3 is 2.55 bits per heavy atom. The highest BCUT2D eigenvalue weighted by atomic mass is 32.2. The van der Waals surface area contributed by atoms with Gasteiger partial charge in [0, 0.05) is 17.8 Å². The Hall–Kier alpha value is -3.18. The molecule has 0 saturated heterocycles. The molecule has 0 aliphatic heterocycles. The summed E-state index contributed by atoms with van der Waals surface area (Å²) in [5, 5.41) is 0.293. The summed E-state index contributed by atoms with van der Waals surface area (Å²) >= 11 is 0. The van der Waals surface area contributed by atoms with E-state index in [9.17, 15) is 22.6 Å². The van der Waals surface area contributed by atoms with E-state index in [1.165, 1.54) is 18.7 Å². The van der Waals surface area contributed by atoms with Gasteiger partial charge in [-0.25, -0.2) is 14.4 Å². The smallest absolute Gasteiger partial charge is 0.274 e. The van der Waals surface area contributed by atoms with E-state index >= 15 is 4.39 Å². The number of aromatic amines is 1. The van der Waals surface area contributed by atoms with E-state index in [0.29, 0.717) is 17.5 Å². The van der Waals surface area contributed by atoms with Gasteiger partial charge in [0.15, 0.2) is 5.78 Å². The van der Waals surface area contributed by atoms with Crippen LogP contribution >= 0.6 is 0 Å². The molecule has 2 aromatic heterocycles. The summed E-state index contributed by atoms with van der Waals surface area (Å²) < 4.78 is 47.6. The van der Waals surface area contributed by atoms with Gasteiger partial charge in [0.1, 0.15) is 22.5 Å². The standard InChI is InChI=1S/C18H15FN4O5S/c19-14-9(16(20)25)2-3-12(18(4-1-5-18)29(26,27)28)13(14)15(24)10-7-22-17-11(10)6-21-8-23-17/h2-3,6-8H,1,4-5H2,(H2,20,25)(H,21,22,23)(H,26,27,28). The summed E-state index contributed by atoms with van der Waals surface area (Å²) in [6.07, 6.45) is 4.39. The molecule has 3 aromatic rings. The molecule has 9 nitrogen and oxygen atoms in total. The van der Waals surface area contributed by atoms with Crippen molar-refractivity contribution in [2.24, 2.45) is 5.73 Å². The number of hydrogen-bond donors (Lipinski definition) is 3. The Bertz CT molecular complexity index is 1280. The summed E-state index contributed by atoms with van der Waals surface area (Å²) in [6.45, 7) is 0. The minimum absolute atomic E-state index is 0.00724. The van der Waals surface area contributed by atoms with Crippen molar-refractivity contribution in [3.8, 4) is 0 Å². The Morgan fingerprint density at radius 2 is 1.97 bits per heavy atom. The molecule has 1 amide bonds. The molecule has 1 saturated carbocycles. The maximum absolute atomic E-state index is 15.3. The van der Waals surface area contributed by atoms with Crippen LogP contribution in [0.4, 0.5) is 4.39 Å². The fraction of sp³-hybridized carbons (Fsp3) is 0.222. The van der Waals surface area contributed by atoms with Gasteiger partial charge < -0.3 is 10.7 Å². The fourth-order valence-electron chi connectivity index (χ4n) is 3.71. The number of rotatable bonds is 5. The third-order valence-corrected chi connectivity index (χ3v) is 7.00. The van der Waals surface area contributed by atoms with Gasteiger partial charge in [0.05, 0.1) is 16.7 Å². The molecular weight excluding hydrogens is 403 g/mol. The summed E-state index contributed by atoms with van der Waals surface area (Å²) in [5.41, 5.74) is 4.13. The lowest BCUT2D eigenvalue weighted by atomic mass is 9.75. The van der Waals surface area contributed by atoms with Gasteiger partial charge in [-0.1, -0.05) is 6.07 Å². The highest BCUT2D eigenvalue weighted by Crippen LogP contribution is 2.49. The van der Waals surface area contributed by atoms with Crippen molar-refractivity contribution in [1.82, 2.24) is 15.0 Å². The van der Waals surface area contributed by atoms with Crippen molar-refractivity contribution in [2.45, 2.75) is 24.0 Å². The second kappa shape index (κ2) is 6.42. The Morgan fingerprint density at radius 1 is 1.24 bits per heavy atom. The Balaban J connectivity index is 2.02. The van der Waals surface area contributed by atoms with Crippen molar-refractivity contribution in [2.75, 3.05) is 0 Å². The van der Waals surface area contributed by atoms with Crippen molar-refractivity contribution in [3.63, 3.8) is 0 Å². The van der Waals surface area contributed by atoms with E-state index in [0.717, 1.165) is 12.1 Å². The lowest BCUT2D eigenvalue weighted by molar-refractivity contribution is 0.0996. The van der Waals surface area contributed by atoms with Gasteiger partial charge >= 0.3 is 0 Å². The predicted octanol–water partition coefficient (Wildman–Crippen LogP) is 1.69. The zero-order valence-electron chi connectivity index (χ0n) is 14.8. The van der Waals surface area contributed by atoms with Crippen LogP contribution < -0.4 is 5.73 Å². The number of carbonyl (C=O) groups is 2. The van der Waals surface area contributed by atoms with E-state index < -0.39 is 43.5 Å². The number of carbonyl (C=O) groups excluding carboxylic acids is 2. The summed E-state index contributed by atoms with van der Waals surface area (Å²) in [7, 11) is -4.67. The Labute approximate surface area is 163 Å². The molecule has 0 radical (unpaired) electrons. The number of nitrogens with one attached hydrogen (secondary N) is 1. The van der Waals surface area contributed by atoms with Gasteiger partial charge in [-0.05, 0) is 30.9 Å². The molecule has 0 bridgehead atoms. The zero-order chi connectivity index (χ0) is 21.0. The number of halogens is 1. The van der Waals surface area contributed by atoms with Crippen LogP contribution in [-0.2, 0) is 14.9 Å². The largest absolute Gasteiger partial charge is 0.366 e. The van der Waals surface area contributed by atoms with E-state index in [4.69, 9.17) is 5.73 Å². The van der Waals surface area contributed by atoms with E-state index in [1.807, 2.05) is 0 Å². The molecule has 0 unspecified atom stereocenters. The number of benzene rings is 1. The van der Waals surface area contributed by atoms with Gasteiger partial charge in [0.25, 0.3) is 16.0 Å². The maximum Gasteiger partial charge on any atom is 0.274 e. The molecule has 1 fully saturated rings. The van der Waals surface area contributed by atoms with Gasteiger partial charge in [0.2, 0.25) is 0 Å². The lowest BCUT2D eigenvalue weighted by Crippen LogP contribution is -2.43. The number of nitrogens with zero attached hydrogens (tertiary/aromatic N) is 2. The monoisotopic (exact) mass is 418 g/mol. The molecule has 150 valence electrons. The van der Waals surface area contributed by atoms with Crippen molar-refractivity contribution < 1.29 is 27.0 Å². The van der Waals surface area contributed by atoms with E-state index in [1.54, 1.807) is 0 Å². The second-order valence-corrected chi connectivity index (χ2v) is 8.58. The number of aromatic nitrogens is 3. The molecular formula is C18H15FN4O5S. The summed E-state index contributed by atoms with van der Waals surface area (Å²) in [4.78, 5) is 35.5. The first-order valence-electron chi connectivity index (χ1n) is 8.59. The molecule has 0 spiro atoms. The third-order valence-electron chi connectivity index (χ3n) is 5.38. The maximum atomic E-state index is 15.3. The minimum Gasteiger partial charge on any atom is -0.366 e. The van der Waals surface area contributed by atoms with Gasteiger partial charge in [-0.3, -0.25) is 14.1 Å². The van der Waals surface area contributed by atoms with Crippen LogP contribution in [-0.4, -0.2) is 39.6 Å². The third kappa shape index (κ3) is 2.73. The first-order valence-corrected chi connectivity index (χ1v) is 10.0. The molecule has 4 N–H and O–H groups in total. The number of ketones is 1. The van der Waals surface area contributed by atoms with Crippen LogP contribution in [0, 0.1) is 5.82 Å². The zero-order valence-corrected chi connectivity index (χ0v) is 15.7. The van der Waals surface area contributed by atoms with Crippen LogP contribution in [0.5, 0.6) is 0 Å². The molecule has 2 heterocycles. The van der Waals surface area contributed by atoms with Crippen molar-refractivity contribution >= 4 is 32.8 Å². The van der Waals surface area contributed by atoms with Crippen LogP contribution in [0.25, 0.3) is 11.0 Å². The number of nitrogens with two attached hydrogens (primary N) is 1. The average Bonchev–Trinajstić information content (AvgIpc) is 3.03. The molecule has 1 aliphatic carbocycles. The van der Waals surface area contributed by atoms with E-state index in [-0.39, 0.29) is 24.0 Å². The van der Waals surface area contributed by atoms with Crippen molar-refractivity contribution in [1.29, 1.82) is 0 Å². The van der Waals surface area contributed by atoms with Crippen LogP contribution in [0.15, 0.2) is 30.9 Å².